The summed E-state index contributed by atoms with van der Waals surface area (Å²) in [6, 6.07) is 9.94. The Morgan fingerprint density at radius 3 is 2.33 bits per heavy atom. The van der Waals surface area contributed by atoms with E-state index in [0.717, 1.165) is 12.0 Å². The number of thiol groups is 1. The van der Waals surface area contributed by atoms with Gasteiger partial charge in [-0.25, -0.2) is 0 Å². The van der Waals surface area contributed by atoms with Crippen LogP contribution in [0.3, 0.4) is 0 Å². The number of hydrogen-bond acceptors (Lipinski definition) is 3. The second-order valence-electron chi connectivity index (χ2n) is 5.03. The largest absolute Gasteiger partial charge is 0.281 e. The first kappa shape index (κ1) is 11.8. The van der Waals surface area contributed by atoms with E-state index in [-0.39, 0.29) is 29.6 Å². The lowest BCUT2D eigenvalue weighted by atomic mass is 10.0. The standard InChI is InChI=1S/C14H15NO2S/c16-13-11-6-12(11)14(17)15(13)7-10(8-18)9-4-2-1-3-5-9/h1-5,10-12,18H,6-8H2. The van der Waals surface area contributed by atoms with Crippen LogP contribution in [0.2, 0.25) is 0 Å². The predicted octanol–water partition coefficient (Wildman–Crippen LogP) is 1.70. The van der Waals surface area contributed by atoms with Crippen LogP contribution in [0, 0.1) is 11.8 Å². The monoisotopic (exact) mass is 261 g/mol. The van der Waals surface area contributed by atoms with Gasteiger partial charge in [-0.3, -0.25) is 14.5 Å². The SMILES string of the molecule is O=C1C2CC2C(=O)N1CC(CS)c1ccccc1. The highest BCUT2D eigenvalue weighted by Crippen LogP contribution is 2.47. The highest BCUT2D eigenvalue weighted by atomic mass is 32.1. The summed E-state index contributed by atoms with van der Waals surface area (Å²) < 4.78 is 0. The minimum atomic E-state index is -0.00570. The molecule has 1 saturated heterocycles. The molecule has 2 amide bonds. The molecule has 0 aromatic heterocycles. The van der Waals surface area contributed by atoms with Crippen molar-refractivity contribution in [3.05, 3.63) is 35.9 Å². The van der Waals surface area contributed by atoms with E-state index in [1.54, 1.807) is 0 Å². The quantitative estimate of drug-likeness (QED) is 0.662. The fourth-order valence-electron chi connectivity index (χ4n) is 2.64. The Morgan fingerprint density at radius 1 is 1.17 bits per heavy atom. The number of hydrogen-bond donors (Lipinski definition) is 1. The molecule has 0 radical (unpaired) electrons. The topological polar surface area (TPSA) is 37.4 Å². The lowest BCUT2D eigenvalue weighted by molar-refractivity contribution is -0.141. The predicted molar refractivity (Wildman–Crippen MR) is 71.4 cm³/mol. The summed E-state index contributed by atoms with van der Waals surface area (Å²) in [6.45, 7) is 0.470. The Kier molecular flexibility index (Phi) is 2.90. The molecule has 2 aliphatic rings. The van der Waals surface area contributed by atoms with E-state index in [1.165, 1.54) is 4.90 Å². The summed E-state index contributed by atoms with van der Waals surface area (Å²) in [5, 5.41) is 0. The van der Waals surface area contributed by atoms with Crippen LogP contribution >= 0.6 is 12.6 Å². The van der Waals surface area contributed by atoms with Crippen LogP contribution in [-0.2, 0) is 9.59 Å². The first-order valence-electron chi connectivity index (χ1n) is 6.23. The Bertz CT molecular complexity index is 468. The lowest BCUT2D eigenvalue weighted by Crippen LogP contribution is -2.36. The van der Waals surface area contributed by atoms with Crippen molar-refractivity contribution in [2.75, 3.05) is 12.3 Å². The maximum atomic E-state index is 11.9. The zero-order chi connectivity index (χ0) is 12.7. The molecule has 1 aromatic carbocycles. The van der Waals surface area contributed by atoms with Crippen molar-refractivity contribution in [1.29, 1.82) is 0 Å². The van der Waals surface area contributed by atoms with E-state index in [1.807, 2.05) is 30.3 Å². The molecule has 3 nitrogen and oxygen atoms in total. The molecule has 3 rings (SSSR count). The van der Waals surface area contributed by atoms with Crippen LogP contribution in [-0.4, -0.2) is 29.0 Å². The van der Waals surface area contributed by atoms with E-state index >= 15 is 0 Å². The van der Waals surface area contributed by atoms with Gasteiger partial charge >= 0.3 is 0 Å². The molecule has 0 bridgehead atoms. The van der Waals surface area contributed by atoms with Gasteiger partial charge in [0, 0.05) is 12.5 Å². The van der Waals surface area contributed by atoms with Gasteiger partial charge in [-0.15, -0.1) is 0 Å². The summed E-state index contributed by atoms with van der Waals surface area (Å²) in [6.07, 6.45) is 0.769. The molecule has 0 spiro atoms. The molecule has 94 valence electrons. The third kappa shape index (κ3) is 1.85. The molecule has 1 aliphatic carbocycles. The molecular formula is C14H15NO2S. The minimum absolute atomic E-state index is 0.00570. The maximum absolute atomic E-state index is 11.9. The van der Waals surface area contributed by atoms with Crippen LogP contribution in [0.1, 0.15) is 17.9 Å². The van der Waals surface area contributed by atoms with Crippen LogP contribution in [0.15, 0.2) is 30.3 Å². The van der Waals surface area contributed by atoms with Crippen LogP contribution < -0.4 is 0 Å². The second kappa shape index (κ2) is 4.43. The smallest absolute Gasteiger partial charge is 0.233 e. The van der Waals surface area contributed by atoms with Crippen molar-refractivity contribution in [3.8, 4) is 0 Å². The Hall–Kier alpha value is -1.29. The first-order chi connectivity index (χ1) is 8.72. The third-order valence-electron chi connectivity index (χ3n) is 3.85. The van der Waals surface area contributed by atoms with E-state index in [0.29, 0.717) is 12.3 Å². The van der Waals surface area contributed by atoms with Gasteiger partial charge < -0.3 is 0 Å². The molecule has 1 aromatic rings. The Morgan fingerprint density at radius 2 is 1.78 bits per heavy atom. The molecule has 0 N–H and O–H groups in total. The average Bonchev–Trinajstić information content (AvgIpc) is 3.16. The van der Waals surface area contributed by atoms with E-state index in [2.05, 4.69) is 12.6 Å². The number of nitrogens with zero attached hydrogens (tertiary/aromatic N) is 1. The second-order valence-corrected chi connectivity index (χ2v) is 5.39. The maximum Gasteiger partial charge on any atom is 0.233 e. The number of amides is 2. The van der Waals surface area contributed by atoms with Gasteiger partial charge in [-0.1, -0.05) is 30.3 Å². The highest BCUT2D eigenvalue weighted by molar-refractivity contribution is 7.80. The van der Waals surface area contributed by atoms with Crippen molar-refractivity contribution >= 4 is 24.4 Å². The molecule has 3 atom stereocenters. The van der Waals surface area contributed by atoms with E-state index in [9.17, 15) is 9.59 Å². The van der Waals surface area contributed by atoms with Gasteiger partial charge in [-0.2, -0.15) is 12.6 Å². The molecule has 1 heterocycles. The number of fused-ring (bicyclic) bond motifs is 1. The summed E-state index contributed by atoms with van der Waals surface area (Å²) in [7, 11) is 0. The van der Waals surface area contributed by atoms with Gasteiger partial charge in [0.15, 0.2) is 0 Å². The summed E-state index contributed by atoms with van der Waals surface area (Å²) in [5.41, 5.74) is 1.13. The van der Waals surface area contributed by atoms with Crippen LogP contribution in [0.4, 0.5) is 0 Å². The molecule has 2 fully saturated rings. The number of imide groups is 1. The summed E-state index contributed by atoms with van der Waals surface area (Å²) in [5.74, 6) is 0.791. The highest BCUT2D eigenvalue weighted by Gasteiger charge is 2.58. The summed E-state index contributed by atoms with van der Waals surface area (Å²) >= 11 is 4.34. The molecular weight excluding hydrogens is 246 g/mol. The van der Waals surface area contributed by atoms with Gasteiger partial charge in [-0.05, 0) is 17.7 Å². The normalized spacial score (nSPS) is 27.3. The number of likely N-dealkylation sites (tertiary alicyclic amines) is 1. The van der Waals surface area contributed by atoms with Crippen LogP contribution in [0.25, 0.3) is 0 Å². The van der Waals surface area contributed by atoms with Crippen molar-refractivity contribution in [2.24, 2.45) is 11.8 Å². The van der Waals surface area contributed by atoms with Crippen molar-refractivity contribution in [1.82, 2.24) is 4.90 Å². The number of carbonyl (C=O) groups excluding carboxylic acids is 2. The third-order valence-corrected chi connectivity index (χ3v) is 4.29. The molecule has 1 aliphatic heterocycles. The van der Waals surface area contributed by atoms with Crippen LogP contribution in [0.5, 0.6) is 0 Å². The molecule has 4 heteroatoms. The van der Waals surface area contributed by atoms with Crippen molar-refractivity contribution in [3.63, 3.8) is 0 Å². The van der Waals surface area contributed by atoms with Gasteiger partial charge in [0.2, 0.25) is 11.8 Å². The number of carbonyl (C=O) groups is 2. The molecule has 3 unspecified atom stereocenters. The van der Waals surface area contributed by atoms with Gasteiger partial charge in [0.1, 0.15) is 0 Å². The fourth-order valence-corrected chi connectivity index (χ4v) is 2.97. The molecule has 1 saturated carbocycles. The Balaban J connectivity index is 1.75. The van der Waals surface area contributed by atoms with Crippen molar-refractivity contribution < 1.29 is 9.59 Å². The first-order valence-corrected chi connectivity index (χ1v) is 6.86. The number of piperidine rings is 1. The van der Waals surface area contributed by atoms with Crippen molar-refractivity contribution in [2.45, 2.75) is 12.3 Å². The van der Waals surface area contributed by atoms with Gasteiger partial charge in [0.25, 0.3) is 0 Å². The van der Waals surface area contributed by atoms with E-state index < -0.39 is 0 Å². The number of benzene rings is 1. The van der Waals surface area contributed by atoms with Gasteiger partial charge in [0.05, 0.1) is 11.8 Å². The van der Waals surface area contributed by atoms with E-state index in [4.69, 9.17) is 0 Å². The summed E-state index contributed by atoms with van der Waals surface area (Å²) in [4.78, 5) is 25.3. The Labute approximate surface area is 112 Å². The molecule has 18 heavy (non-hydrogen) atoms. The average molecular weight is 261 g/mol. The fraction of sp³-hybridized carbons (Fsp3) is 0.429. The zero-order valence-electron chi connectivity index (χ0n) is 9.95. The number of rotatable bonds is 4. The zero-order valence-corrected chi connectivity index (χ0v) is 10.8. The lowest BCUT2D eigenvalue weighted by Gasteiger charge is -2.23. The minimum Gasteiger partial charge on any atom is -0.281 e.